The average Bonchev–Trinajstić information content (AvgIpc) is 3.51. The molecule has 0 aromatic carbocycles. The molecule has 0 spiro atoms. The van der Waals surface area contributed by atoms with Gasteiger partial charge in [-0.3, -0.25) is 4.99 Å². The number of nitrogens with one attached hydrogen (secondary N) is 2. The molecule has 3 aliphatic carbocycles. The van der Waals surface area contributed by atoms with Crippen LogP contribution in [-0.2, 0) is 0 Å². The number of piperidine rings is 1. The lowest BCUT2D eigenvalue weighted by molar-refractivity contribution is 0.197. The molecular weight excluding hydrogens is 296 g/mol. The van der Waals surface area contributed by atoms with Crippen LogP contribution < -0.4 is 10.6 Å². The minimum Gasteiger partial charge on any atom is -0.354 e. The van der Waals surface area contributed by atoms with Gasteiger partial charge in [0.2, 0.25) is 0 Å². The summed E-state index contributed by atoms with van der Waals surface area (Å²) in [5.74, 6) is 3.00. The van der Waals surface area contributed by atoms with Crippen molar-refractivity contribution < 1.29 is 0 Å². The fourth-order valence-electron chi connectivity index (χ4n) is 4.97. The lowest BCUT2D eigenvalue weighted by Gasteiger charge is -2.33. The van der Waals surface area contributed by atoms with E-state index in [2.05, 4.69) is 22.5 Å². The molecular formula is C20H36N4. The van der Waals surface area contributed by atoms with Gasteiger partial charge in [0.25, 0.3) is 0 Å². The number of guanidine groups is 1. The highest BCUT2D eigenvalue weighted by Crippen LogP contribution is 2.44. The summed E-state index contributed by atoms with van der Waals surface area (Å²) in [7, 11) is 0. The molecule has 0 aromatic heterocycles. The molecule has 4 fully saturated rings. The Hall–Kier alpha value is -0.770. The zero-order valence-electron chi connectivity index (χ0n) is 15.5. The summed E-state index contributed by atoms with van der Waals surface area (Å²) in [5, 5.41) is 7.50. The SMILES string of the molecule is CCN=C(NC1CCN(C2CC2)CC1)NC1CC1C1CCCCC1. The van der Waals surface area contributed by atoms with E-state index in [0.29, 0.717) is 12.1 Å². The standard InChI is InChI=1S/C20H36N4/c1-2-21-20(22-16-10-12-24(13-11-16)17-8-9-17)23-19-14-18(19)15-6-4-3-5-7-15/h15-19H,2-14H2,1H3,(H2,21,22,23). The Labute approximate surface area is 147 Å². The van der Waals surface area contributed by atoms with Crippen LogP contribution >= 0.6 is 0 Å². The summed E-state index contributed by atoms with van der Waals surface area (Å²) in [6.07, 6.45) is 14.1. The second kappa shape index (κ2) is 7.63. The van der Waals surface area contributed by atoms with Crippen LogP contribution in [0.1, 0.15) is 71.1 Å². The van der Waals surface area contributed by atoms with E-state index >= 15 is 0 Å². The first-order valence-corrected chi connectivity index (χ1v) is 10.6. The highest BCUT2D eigenvalue weighted by molar-refractivity contribution is 5.80. The maximum atomic E-state index is 4.73. The van der Waals surface area contributed by atoms with Gasteiger partial charge in [0.05, 0.1) is 0 Å². The second-order valence-corrected chi connectivity index (χ2v) is 8.56. The molecule has 1 heterocycles. The normalized spacial score (nSPS) is 33.5. The van der Waals surface area contributed by atoms with Gasteiger partial charge in [-0.15, -0.1) is 0 Å². The molecule has 4 rings (SSSR count). The summed E-state index contributed by atoms with van der Waals surface area (Å²) in [6.45, 7) is 5.56. The fourth-order valence-corrected chi connectivity index (χ4v) is 4.97. The topological polar surface area (TPSA) is 39.7 Å². The van der Waals surface area contributed by atoms with Crippen molar-refractivity contribution >= 4 is 5.96 Å². The molecule has 2 unspecified atom stereocenters. The first-order valence-electron chi connectivity index (χ1n) is 10.6. The third kappa shape index (κ3) is 4.25. The monoisotopic (exact) mass is 332 g/mol. The summed E-state index contributed by atoms with van der Waals surface area (Å²) >= 11 is 0. The zero-order chi connectivity index (χ0) is 16.4. The number of aliphatic imine (C=N–C) groups is 1. The first-order chi connectivity index (χ1) is 11.8. The van der Waals surface area contributed by atoms with Crippen molar-refractivity contribution in [3.8, 4) is 0 Å². The molecule has 0 amide bonds. The molecule has 1 aliphatic heterocycles. The van der Waals surface area contributed by atoms with Crippen molar-refractivity contribution in [3.63, 3.8) is 0 Å². The number of hydrogen-bond donors (Lipinski definition) is 2. The quantitative estimate of drug-likeness (QED) is 0.600. The van der Waals surface area contributed by atoms with Crippen molar-refractivity contribution in [2.24, 2.45) is 16.8 Å². The summed E-state index contributed by atoms with van der Waals surface area (Å²) < 4.78 is 0. The molecule has 2 atom stereocenters. The van der Waals surface area contributed by atoms with E-state index in [1.807, 2.05) is 0 Å². The maximum Gasteiger partial charge on any atom is 0.191 e. The largest absolute Gasteiger partial charge is 0.354 e. The summed E-state index contributed by atoms with van der Waals surface area (Å²) in [5.41, 5.74) is 0. The Morgan fingerprint density at radius 1 is 0.958 bits per heavy atom. The molecule has 0 radical (unpaired) electrons. The van der Waals surface area contributed by atoms with Crippen LogP contribution in [-0.4, -0.2) is 48.6 Å². The van der Waals surface area contributed by atoms with Gasteiger partial charge in [-0.1, -0.05) is 32.1 Å². The van der Waals surface area contributed by atoms with Crippen molar-refractivity contribution in [3.05, 3.63) is 0 Å². The van der Waals surface area contributed by atoms with Gasteiger partial charge in [-0.25, -0.2) is 0 Å². The molecule has 4 heteroatoms. The van der Waals surface area contributed by atoms with Gasteiger partial charge in [-0.2, -0.15) is 0 Å². The zero-order valence-corrected chi connectivity index (χ0v) is 15.5. The molecule has 0 bridgehead atoms. The molecule has 0 aromatic rings. The van der Waals surface area contributed by atoms with Crippen molar-refractivity contribution in [2.45, 2.75) is 89.3 Å². The van der Waals surface area contributed by atoms with Crippen LogP contribution in [0.4, 0.5) is 0 Å². The van der Waals surface area contributed by atoms with E-state index in [1.165, 1.54) is 77.3 Å². The molecule has 136 valence electrons. The Morgan fingerprint density at radius 3 is 2.38 bits per heavy atom. The number of rotatable bonds is 5. The summed E-state index contributed by atoms with van der Waals surface area (Å²) in [4.78, 5) is 7.42. The third-order valence-corrected chi connectivity index (χ3v) is 6.67. The van der Waals surface area contributed by atoms with Crippen LogP contribution in [0.25, 0.3) is 0 Å². The minimum atomic E-state index is 0.615. The molecule has 24 heavy (non-hydrogen) atoms. The minimum absolute atomic E-state index is 0.615. The Kier molecular flexibility index (Phi) is 5.31. The van der Waals surface area contributed by atoms with Crippen LogP contribution in [0.3, 0.4) is 0 Å². The summed E-state index contributed by atoms with van der Waals surface area (Å²) in [6, 6.07) is 2.23. The van der Waals surface area contributed by atoms with Crippen molar-refractivity contribution in [1.82, 2.24) is 15.5 Å². The van der Waals surface area contributed by atoms with Crippen LogP contribution in [0.15, 0.2) is 4.99 Å². The van der Waals surface area contributed by atoms with E-state index in [0.717, 1.165) is 30.4 Å². The molecule has 1 saturated heterocycles. The second-order valence-electron chi connectivity index (χ2n) is 8.56. The van der Waals surface area contributed by atoms with Crippen molar-refractivity contribution in [1.29, 1.82) is 0 Å². The van der Waals surface area contributed by atoms with Crippen LogP contribution in [0.2, 0.25) is 0 Å². The van der Waals surface area contributed by atoms with E-state index < -0.39 is 0 Å². The van der Waals surface area contributed by atoms with E-state index in [-0.39, 0.29) is 0 Å². The number of hydrogen-bond acceptors (Lipinski definition) is 2. The van der Waals surface area contributed by atoms with Gasteiger partial charge in [0.15, 0.2) is 5.96 Å². The highest BCUT2D eigenvalue weighted by atomic mass is 15.2. The Morgan fingerprint density at radius 2 is 1.71 bits per heavy atom. The maximum absolute atomic E-state index is 4.73. The van der Waals surface area contributed by atoms with Gasteiger partial charge < -0.3 is 15.5 Å². The number of likely N-dealkylation sites (tertiary alicyclic amines) is 1. The van der Waals surface area contributed by atoms with E-state index in [1.54, 1.807) is 0 Å². The molecule has 4 nitrogen and oxygen atoms in total. The van der Waals surface area contributed by atoms with E-state index in [4.69, 9.17) is 4.99 Å². The third-order valence-electron chi connectivity index (χ3n) is 6.67. The Balaban J connectivity index is 1.22. The number of nitrogens with zero attached hydrogens (tertiary/aromatic N) is 2. The van der Waals surface area contributed by atoms with Gasteiger partial charge >= 0.3 is 0 Å². The van der Waals surface area contributed by atoms with E-state index in [9.17, 15) is 0 Å². The smallest absolute Gasteiger partial charge is 0.191 e. The van der Waals surface area contributed by atoms with Crippen LogP contribution in [0, 0.1) is 11.8 Å². The van der Waals surface area contributed by atoms with Gasteiger partial charge in [0.1, 0.15) is 0 Å². The van der Waals surface area contributed by atoms with Gasteiger partial charge in [-0.05, 0) is 50.9 Å². The Bertz CT molecular complexity index is 431. The fraction of sp³-hybridized carbons (Fsp3) is 0.950. The predicted octanol–water partition coefficient (Wildman–Crippen LogP) is 3.14. The lowest BCUT2D eigenvalue weighted by atomic mass is 9.85. The van der Waals surface area contributed by atoms with Gasteiger partial charge in [0, 0.05) is 37.8 Å². The molecule has 4 aliphatic rings. The lowest BCUT2D eigenvalue weighted by Crippen LogP contribution is -2.49. The average molecular weight is 333 g/mol. The highest BCUT2D eigenvalue weighted by Gasteiger charge is 2.43. The van der Waals surface area contributed by atoms with Crippen molar-refractivity contribution in [2.75, 3.05) is 19.6 Å². The molecule has 3 saturated carbocycles. The van der Waals surface area contributed by atoms with Crippen LogP contribution in [0.5, 0.6) is 0 Å². The first kappa shape index (κ1) is 16.7. The predicted molar refractivity (Wildman–Crippen MR) is 100 cm³/mol. The molecule has 2 N–H and O–H groups in total.